The molecular weight excluding hydrogens is 379 g/mol. The first-order valence-corrected chi connectivity index (χ1v) is 9.04. The summed E-state index contributed by atoms with van der Waals surface area (Å²) in [5, 5.41) is 6.22. The van der Waals surface area contributed by atoms with E-state index in [4.69, 9.17) is 0 Å². The minimum Gasteiger partial charge on any atom is -0.350 e. The largest absolute Gasteiger partial charge is 0.416 e. The normalized spacial score (nSPS) is 12.0. The van der Waals surface area contributed by atoms with E-state index >= 15 is 0 Å². The average molecular weight is 401 g/mol. The third kappa shape index (κ3) is 5.43. The molecule has 152 valence electrons. The number of aromatic nitrogens is 3. The molecule has 0 atom stereocenters. The fourth-order valence-electron chi connectivity index (χ4n) is 2.64. The molecule has 2 heterocycles. The Kier molecular flexibility index (Phi) is 5.46. The van der Waals surface area contributed by atoms with Gasteiger partial charge in [0, 0.05) is 35.2 Å². The zero-order chi connectivity index (χ0) is 21.2. The monoisotopic (exact) mass is 401 g/mol. The van der Waals surface area contributed by atoms with Gasteiger partial charge in [-0.3, -0.25) is 4.98 Å². The minimum absolute atomic E-state index is 0.291. The summed E-state index contributed by atoms with van der Waals surface area (Å²) in [6.07, 6.45) is -1.12. The van der Waals surface area contributed by atoms with Crippen LogP contribution in [0.25, 0.3) is 11.3 Å². The molecule has 0 aliphatic rings. The maximum atomic E-state index is 13.1. The summed E-state index contributed by atoms with van der Waals surface area (Å²) in [5.74, 6) is 0.764. The lowest BCUT2D eigenvalue weighted by Gasteiger charge is -2.21. The Balaban J connectivity index is 2.04. The van der Waals surface area contributed by atoms with Crippen LogP contribution >= 0.6 is 0 Å². The van der Waals surface area contributed by atoms with Crippen LogP contribution < -0.4 is 10.6 Å². The lowest BCUT2D eigenvalue weighted by atomic mass is 10.1. The second kappa shape index (κ2) is 7.69. The lowest BCUT2D eigenvalue weighted by Crippen LogP contribution is -2.27. The maximum Gasteiger partial charge on any atom is 0.416 e. The van der Waals surface area contributed by atoms with Crippen LogP contribution in [0, 0.1) is 6.92 Å². The van der Waals surface area contributed by atoms with Crippen molar-refractivity contribution < 1.29 is 13.2 Å². The van der Waals surface area contributed by atoms with Gasteiger partial charge in [-0.05, 0) is 57.5 Å². The summed E-state index contributed by atoms with van der Waals surface area (Å²) in [7, 11) is 0. The van der Waals surface area contributed by atoms with E-state index in [1.807, 2.05) is 32.9 Å². The number of rotatable bonds is 4. The smallest absolute Gasteiger partial charge is 0.350 e. The molecule has 29 heavy (non-hydrogen) atoms. The van der Waals surface area contributed by atoms with Crippen LogP contribution in [0.15, 0.2) is 48.8 Å². The number of halogens is 3. The summed E-state index contributed by atoms with van der Waals surface area (Å²) in [6.45, 7) is 7.65. The number of anilines is 3. The molecular formula is C21H22F3N5. The number of aryl methyl sites for hydroxylation is 1. The molecule has 1 aromatic carbocycles. The second-order valence-electron chi connectivity index (χ2n) is 7.73. The standard InChI is InChI=1S/C21H22F3N5/c1-13-5-6-15(21(22,23)24)11-16(13)26-18-12-17(14-7-9-25-10-8-14)27-19(28-18)29-20(2,3)4/h5-12H,1-4H3,(H2,26,27,28,29). The molecule has 2 N–H and O–H groups in total. The van der Waals surface area contributed by atoms with E-state index in [0.717, 1.165) is 17.7 Å². The van der Waals surface area contributed by atoms with Crippen LogP contribution in [0.4, 0.5) is 30.6 Å². The van der Waals surface area contributed by atoms with Crippen molar-refractivity contribution in [1.82, 2.24) is 15.0 Å². The van der Waals surface area contributed by atoms with Crippen LogP contribution in [0.5, 0.6) is 0 Å². The highest BCUT2D eigenvalue weighted by molar-refractivity contribution is 5.68. The van der Waals surface area contributed by atoms with Gasteiger partial charge in [-0.1, -0.05) is 6.07 Å². The van der Waals surface area contributed by atoms with E-state index in [1.165, 1.54) is 6.07 Å². The summed E-state index contributed by atoms with van der Waals surface area (Å²) < 4.78 is 39.3. The van der Waals surface area contributed by atoms with Gasteiger partial charge in [-0.2, -0.15) is 18.2 Å². The molecule has 0 spiro atoms. The number of pyridine rings is 1. The Morgan fingerprint density at radius 2 is 1.59 bits per heavy atom. The Bertz CT molecular complexity index is 995. The zero-order valence-electron chi connectivity index (χ0n) is 16.6. The van der Waals surface area contributed by atoms with Crippen LogP contribution in [0.1, 0.15) is 31.9 Å². The van der Waals surface area contributed by atoms with E-state index < -0.39 is 11.7 Å². The number of hydrogen-bond donors (Lipinski definition) is 2. The van der Waals surface area contributed by atoms with Crippen molar-refractivity contribution in [3.8, 4) is 11.3 Å². The molecule has 0 aliphatic heterocycles. The van der Waals surface area contributed by atoms with Crippen molar-refractivity contribution in [2.75, 3.05) is 10.6 Å². The number of benzene rings is 1. The van der Waals surface area contributed by atoms with E-state index in [9.17, 15) is 13.2 Å². The SMILES string of the molecule is Cc1ccc(C(F)(F)F)cc1Nc1cc(-c2ccncc2)nc(NC(C)(C)C)n1. The van der Waals surface area contributed by atoms with E-state index in [0.29, 0.717) is 28.7 Å². The van der Waals surface area contributed by atoms with E-state index in [2.05, 4.69) is 25.6 Å². The Hall–Kier alpha value is -3.16. The first kappa shape index (κ1) is 20.6. The van der Waals surface area contributed by atoms with Crippen LogP contribution in [-0.4, -0.2) is 20.5 Å². The Morgan fingerprint density at radius 3 is 2.21 bits per heavy atom. The van der Waals surface area contributed by atoms with E-state index in [1.54, 1.807) is 25.4 Å². The Morgan fingerprint density at radius 1 is 0.897 bits per heavy atom. The summed E-state index contributed by atoms with van der Waals surface area (Å²) in [6, 6.07) is 8.90. The fourth-order valence-corrected chi connectivity index (χ4v) is 2.64. The fraction of sp³-hybridized carbons (Fsp3) is 0.286. The zero-order valence-corrected chi connectivity index (χ0v) is 16.6. The van der Waals surface area contributed by atoms with Crippen LogP contribution in [-0.2, 0) is 6.18 Å². The molecule has 0 fully saturated rings. The van der Waals surface area contributed by atoms with Gasteiger partial charge in [0.15, 0.2) is 0 Å². The van der Waals surface area contributed by atoms with Gasteiger partial charge in [0.25, 0.3) is 0 Å². The third-order valence-electron chi connectivity index (χ3n) is 4.02. The number of nitrogens with zero attached hydrogens (tertiary/aromatic N) is 3. The van der Waals surface area contributed by atoms with Crippen molar-refractivity contribution in [2.24, 2.45) is 0 Å². The van der Waals surface area contributed by atoms with Crippen LogP contribution in [0.3, 0.4) is 0 Å². The molecule has 0 saturated carbocycles. The van der Waals surface area contributed by atoms with Gasteiger partial charge in [0.05, 0.1) is 11.3 Å². The highest BCUT2D eigenvalue weighted by Crippen LogP contribution is 2.33. The molecule has 0 bridgehead atoms. The molecule has 3 aromatic rings. The molecule has 0 unspecified atom stereocenters. The summed E-state index contributed by atoms with van der Waals surface area (Å²) in [5.41, 5.74) is 1.44. The summed E-state index contributed by atoms with van der Waals surface area (Å²) in [4.78, 5) is 13.0. The van der Waals surface area contributed by atoms with Crippen molar-refractivity contribution >= 4 is 17.5 Å². The van der Waals surface area contributed by atoms with Gasteiger partial charge >= 0.3 is 6.18 Å². The molecule has 5 nitrogen and oxygen atoms in total. The van der Waals surface area contributed by atoms with Gasteiger partial charge < -0.3 is 10.6 Å². The molecule has 0 saturated heterocycles. The lowest BCUT2D eigenvalue weighted by molar-refractivity contribution is -0.137. The predicted molar refractivity (Wildman–Crippen MR) is 108 cm³/mol. The van der Waals surface area contributed by atoms with Gasteiger partial charge in [0.2, 0.25) is 5.95 Å². The topological polar surface area (TPSA) is 62.7 Å². The number of nitrogens with one attached hydrogen (secondary N) is 2. The highest BCUT2D eigenvalue weighted by Gasteiger charge is 2.30. The average Bonchev–Trinajstić information content (AvgIpc) is 2.62. The van der Waals surface area contributed by atoms with Gasteiger partial charge in [-0.15, -0.1) is 0 Å². The predicted octanol–water partition coefficient (Wildman–Crippen LogP) is 5.82. The van der Waals surface area contributed by atoms with E-state index in [-0.39, 0.29) is 5.54 Å². The number of hydrogen-bond acceptors (Lipinski definition) is 5. The third-order valence-corrected chi connectivity index (χ3v) is 4.02. The quantitative estimate of drug-likeness (QED) is 0.577. The highest BCUT2D eigenvalue weighted by atomic mass is 19.4. The molecule has 2 aromatic heterocycles. The number of alkyl halides is 3. The first-order valence-electron chi connectivity index (χ1n) is 9.04. The van der Waals surface area contributed by atoms with Crippen molar-refractivity contribution in [3.05, 3.63) is 59.9 Å². The molecule has 0 radical (unpaired) electrons. The molecule has 0 amide bonds. The molecule has 8 heteroatoms. The summed E-state index contributed by atoms with van der Waals surface area (Å²) >= 11 is 0. The van der Waals surface area contributed by atoms with Gasteiger partial charge in [0.1, 0.15) is 5.82 Å². The second-order valence-corrected chi connectivity index (χ2v) is 7.73. The van der Waals surface area contributed by atoms with Crippen molar-refractivity contribution in [2.45, 2.75) is 39.4 Å². The maximum absolute atomic E-state index is 13.1. The molecule has 3 rings (SSSR count). The Labute approximate surface area is 167 Å². The van der Waals surface area contributed by atoms with Crippen molar-refractivity contribution in [3.63, 3.8) is 0 Å². The molecule has 0 aliphatic carbocycles. The first-order chi connectivity index (χ1) is 13.5. The van der Waals surface area contributed by atoms with Crippen molar-refractivity contribution in [1.29, 1.82) is 0 Å². The minimum atomic E-state index is -4.42. The van der Waals surface area contributed by atoms with Gasteiger partial charge in [-0.25, -0.2) is 4.98 Å². The van der Waals surface area contributed by atoms with Crippen LogP contribution in [0.2, 0.25) is 0 Å².